The maximum atomic E-state index is 13.4. The first kappa shape index (κ1) is 15.7. The van der Waals surface area contributed by atoms with Crippen molar-refractivity contribution in [2.75, 3.05) is 18.5 Å². The lowest BCUT2D eigenvalue weighted by molar-refractivity contribution is 0.0335. The highest BCUT2D eigenvalue weighted by atomic mass is 19.1. The first-order valence-electron chi connectivity index (χ1n) is 7.29. The minimum atomic E-state index is -0.576. The van der Waals surface area contributed by atoms with Crippen molar-refractivity contribution in [3.8, 4) is 0 Å². The Hall–Kier alpha value is -1.69. The van der Waals surface area contributed by atoms with Gasteiger partial charge in [-0.3, -0.25) is 4.99 Å². The predicted molar refractivity (Wildman–Crippen MR) is 79.3 cm³/mol. The highest BCUT2D eigenvalue weighted by molar-refractivity contribution is 5.92. The molecule has 0 bridgehead atoms. The zero-order valence-corrected chi connectivity index (χ0v) is 11.9. The van der Waals surface area contributed by atoms with Crippen LogP contribution in [0.4, 0.5) is 14.5 Å². The number of hydrogen-bond acceptors (Lipinski definition) is 2. The van der Waals surface area contributed by atoms with E-state index in [1.165, 1.54) is 19.3 Å². The second kappa shape index (κ2) is 7.93. The Bertz CT molecular complexity index is 488. The molecule has 1 aromatic rings. The van der Waals surface area contributed by atoms with E-state index in [1.54, 1.807) is 0 Å². The Morgan fingerprint density at radius 1 is 1.29 bits per heavy atom. The number of hydrogen-bond donors (Lipinski definition) is 2. The molecular weight excluding hydrogens is 276 g/mol. The van der Waals surface area contributed by atoms with E-state index in [0.717, 1.165) is 31.0 Å². The third-order valence-electron chi connectivity index (χ3n) is 3.47. The number of rotatable bonds is 5. The van der Waals surface area contributed by atoms with E-state index in [1.807, 2.05) is 0 Å². The van der Waals surface area contributed by atoms with Crippen LogP contribution in [0.5, 0.6) is 0 Å². The van der Waals surface area contributed by atoms with Gasteiger partial charge in [0.15, 0.2) is 5.96 Å². The van der Waals surface area contributed by atoms with E-state index < -0.39 is 11.6 Å². The number of ether oxygens (including phenoxy) is 1. The molecule has 2 rings (SSSR count). The van der Waals surface area contributed by atoms with Gasteiger partial charge in [-0.1, -0.05) is 19.3 Å². The second-order valence-corrected chi connectivity index (χ2v) is 5.15. The molecule has 0 radical (unpaired) electrons. The fraction of sp³-hybridized carbons (Fsp3) is 0.533. The van der Waals surface area contributed by atoms with Crippen LogP contribution < -0.4 is 11.1 Å². The summed E-state index contributed by atoms with van der Waals surface area (Å²) < 4.78 is 32.1. The number of nitrogens with one attached hydrogen (secondary N) is 1. The summed E-state index contributed by atoms with van der Waals surface area (Å²) in [5.41, 5.74) is 5.61. The van der Waals surface area contributed by atoms with Crippen molar-refractivity contribution in [2.45, 2.75) is 38.2 Å². The molecule has 1 fully saturated rings. The van der Waals surface area contributed by atoms with E-state index in [-0.39, 0.29) is 11.6 Å². The number of nitrogens with two attached hydrogens (primary N) is 1. The SMILES string of the molecule is NC(=NCCOC1CCCCC1)Nc1cc(F)ccc1F. The molecule has 21 heavy (non-hydrogen) atoms. The standard InChI is InChI=1S/C15H21F2N3O/c16-11-6-7-13(17)14(10-11)20-15(18)19-8-9-21-12-4-2-1-3-5-12/h6-7,10,12H,1-5,8-9H2,(H3,18,19,20). The Balaban J connectivity index is 1.74. The van der Waals surface area contributed by atoms with Crippen LogP contribution in [0.2, 0.25) is 0 Å². The van der Waals surface area contributed by atoms with Crippen LogP contribution in [-0.2, 0) is 4.74 Å². The van der Waals surface area contributed by atoms with E-state index >= 15 is 0 Å². The molecule has 0 aliphatic heterocycles. The molecule has 4 nitrogen and oxygen atoms in total. The molecule has 3 N–H and O–H groups in total. The smallest absolute Gasteiger partial charge is 0.193 e. The Morgan fingerprint density at radius 2 is 2.05 bits per heavy atom. The molecule has 0 atom stereocenters. The van der Waals surface area contributed by atoms with E-state index in [4.69, 9.17) is 10.5 Å². The van der Waals surface area contributed by atoms with Gasteiger partial charge >= 0.3 is 0 Å². The molecule has 0 unspecified atom stereocenters. The Labute approximate surface area is 123 Å². The molecule has 116 valence electrons. The molecule has 1 aliphatic carbocycles. The molecule has 0 aromatic heterocycles. The number of guanidine groups is 1. The van der Waals surface area contributed by atoms with E-state index in [0.29, 0.717) is 19.3 Å². The van der Waals surface area contributed by atoms with Crippen molar-refractivity contribution >= 4 is 11.6 Å². The maximum absolute atomic E-state index is 13.4. The normalized spacial score (nSPS) is 17.0. The average Bonchev–Trinajstić information content (AvgIpc) is 2.48. The molecule has 1 aromatic carbocycles. The summed E-state index contributed by atoms with van der Waals surface area (Å²) in [6.07, 6.45) is 6.25. The zero-order chi connectivity index (χ0) is 15.1. The molecule has 6 heteroatoms. The summed E-state index contributed by atoms with van der Waals surface area (Å²) in [7, 11) is 0. The lowest BCUT2D eigenvalue weighted by Crippen LogP contribution is -2.24. The van der Waals surface area contributed by atoms with Crippen LogP contribution in [0.1, 0.15) is 32.1 Å². The van der Waals surface area contributed by atoms with Crippen molar-refractivity contribution in [3.05, 3.63) is 29.8 Å². The van der Waals surface area contributed by atoms with Crippen LogP contribution in [0.25, 0.3) is 0 Å². The summed E-state index contributed by atoms with van der Waals surface area (Å²) in [4.78, 5) is 4.04. The van der Waals surface area contributed by atoms with Crippen molar-refractivity contribution in [1.29, 1.82) is 0 Å². The number of nitrogens with zero attached hydrogens (tertiary/aromatic N) is 1. The third kappa shape index (κ3) is 5.30. The van der Waals surface area contributed by atoms with Crippen LogP contribution in [0, 0.1) is 11.6 Å². The lowest BCUT2D eigenvalue weighted by Gasteiger charge is -2.21. The first-order chi connectivity index (χ1) is 10.1. The molecule has 1 saturated carbocycles. The largest absolute Gasteiger partial charge is 0.376 e. The van der Waals surface area contributed by atoms with Crippen molar-refractivity contribution in [2.24, 2.45) is 10.7 Å². The summed E-state index contributed by atoms with van der Waals surface area (Å²) in [5, 5.41) is 2.55. The van der Waals surface area contributed by atoms with Gasteiger partial charge < -0.3 is 15.8 Å². The molecule has 0 spiro atoms. The van der Waals surface area contributed by atoms with Crippen LogP contribution >= 0.6 is 0 Å². The third-order valence-corrected chi connectivity index (χ3v) is 3.47. The first-order valence-corrected chi connectivity index (χ1v) is 7.29. The Kier molecular flexibility index (Phi) is 5.92. The number of benzene rings is 1. The van der Waals surface area contributed by atoms with Crippen LogP contribution in [0.15, 0.2) is 23.2 Å². The van der Waals surface area contributed by atoms with Gasteiger partial charge in [0.25, 0.3) is 0 Å². The fourth-order valence-corrected chi connectivity index (χ4v) is 2.39. The quantitative estimate of drug-likeness (QED) is 0.499. The number of halogens is 2. The van der Waals surface area contributed by atoms with Gasteiger partial charge in [-0.25, -0.2) is 8.78 Å². The van der Waals surface area contributed by atoms with Gasteiger partial charge in [-0.15, -0.1) is 0 Å². The van der Waals surface area contributed by atoms with Crippen molar-refractivity contribution in [3.63, 3.8) is 0 Å². The highest BCUT2D eigenvalue weighted by Gasteiger charge is 2.13. The van der Waals surface area contributed by atoms with Gasteiger partial charge in [0.2, 0.25) is 0 Å². The monoisotopic (exact) mass is 297 g/mol. The summed E-state index contributed by atoms with van der Waals surface area (Å²) in [6.45, 7) is 0.880. The minimum absolute atomic E-state index is 0.0237. The van der Waals surface area contributed by atoms with Gasteiger partial charge in [-0.05, 0) is 25.0 Å². The summed E-state index contributed by atoms with van der Waals surface area (Å²) >= 11 is 0. The lowest BCUT2D eigenvalue weighted by atomic mass is 9.98. The van der Waals surface area contributed by atoms with Crippen molar-refractivity contribution < 1.29 is 13.5 Å². The Morgan fingerprint density at radius 3 is 2.81 bits per heavy atom. The molecule has 0 amide bonds. The summed E-state index contributed by atoms with van der Waals surface area (Å²) in [6, 6.07) is 3.12. The molecule has 0 heterocycles. The minimum Gasteiger partial charge on any atom is -0.376 e. The van der Waals surface area contributed by atoms with Crippen LogP contribution in [0.3, 0.4) is 0 Å². The second-order valence-electron chi connectivity index (χ2n) is 5.15. The molecule has 1 aliphatic rings. The maximum Gasteiger partial charge on any atom is 0.193 e. The molecular formula is C15H21F2N3O. The van der Waals surface area contributed by atoms with Gasteiger partial charge in [0.1, 0.15) is 11.6 Å². The van der Waals surface area contributed by atoms with E-state index in [2.05, 4.69) is 10.3 Å². The van der Waals surface area contributed by atoms with Gasteiger partial charge in [0.05, 0.1) is 24.9 Å². The van der Waals surface area contributed by atoms with E-state index in [9.17, 15) is 8.78 Å². The van der Waals surface area contributed by atoms with Crippen LogP contribution in [-0.4, -0.2) is 25.2 Å². The fourth-order valence-electron chi connectivity index (χ4n) is 2.39. The van der Waals surface area contributed by atoms with Gasteiger partial charge in [0, 0.05) is 6.07 Å². The molecule has 0 saturated heterocycles. The predicted octanol–water partition coefficient (Wildman–Crippen LogP) is 3.04. The van der Waals surface area contributed by atoms with Crippen molar-refractivity contribution in [1.82, 2.24) is 0 Å². The summed E-state index contributed by atoms with van der Waals surface area (Å²) in [5.74, 6) is -1.06. The average molecular weight is 297 g/mol. The topological polar surface area (TPSA) is 59.6 Å². The highest BCUT2D eigenvalue weighted by Crippen LogP contribution is 2.20. The number of anilines is 1. The number of aliphatic imine (C=N–C) groups is 1. The van der Waals surface area contributed by atoms with Gasteiger partial charge in [-0.2, -0.15) is 0 Å². The zero-order valence-electron chi connectivity index (χ0n) is 11.9.